The maximum atomic E-state index is 13.9. The minimum Gasteiger partial charge on any atom is -0.491 e. The molecule has 6 heteroatoms. The number of Topliss-reactive ketones (excluding diaryl/α,β-unsaturated/α-hetero) is 1. The Hall–Kier alpha value is -2.31. The van der Waals surface area contributed by atoms with Crippen molar-refractivity contribution >= 4 is 5.78 Å². The zero-order chi connectivity index (χ0) is 19.2. The summed E-state index contributed by atoms with van der Waals surface area (Å²) in [5, 5.41) is 8.78. The van der Waals surface area contributed by atoms with Crippen LogP contribution in [0.3, 0.4) is 0 Å². The number of ketones is 1. The molecule has 144 valence electrons. The van der Waals surface area contributed by atoms with Crippen LogP contribution in [0.4, 0.5) is 8.78 Å². The third kappa shape index (κ3) is 5.11. The van der Waals surface area contributed by atoms with Gasteiger partial charge >= 0.3 is 0 Å². The minimum atomic E-state index is -0.669. The number of carbonyl (C=O) groups is 1. The SMILES string of the molecule is O=C(c1cc(F)ccc1F)C1CCCN(Cc2ccc(OCCO)cc2)C1. The summed E-state index contributed by atoms with van der Waals surface area (Å²) >= 11 is 0. The second-order valence-corrected chi connectivity index (χ2v) is 6.78. The molecule has 1 aliphatic heterocycles. The fourth-order valence-corrected chi connectivity index (χ4v) is 3.43. The molecule has 0 bridgehead atoms. The molecule has 0 aliphatic carbocycles. The third-order valence-corrected chi connectivity index (χ3v) is 4.76. The van der Waals surface area contributed by atoms with Crippen molar-refractivity contribution in [2.75, 3.05) is 26.3 Å². The van der Waals surface area contributed by atoms with Crippen molar-refractivity contribution in [2.24, 2.45) is 5.92 Å². The van der Waals surface area contributed by atoms with Crippen LogP contribution >= 0.6 is 0 Å². The highest BCUT2D eigenvalue weighted by Crippen LogP contribution is 2.24. The first-order valence-corrected chi connectivity index (χ1v) is 9.11. The van der Waals surface area contributed by atoms with Crippen molar-refractivity contribution in [3.8, 4) is 5.75 Å². The second kappa shape index (κ2) is 9.06. The monoisotopic (exact) mass is 375 g/mol. The molecule has 0 amide bonds. The summed E-state index contributed by atoms with van der Waals surface area (Å²) in [6, 6.07) is 10.6. The summed E-state index contributed by atoms with van der Waals surface area (Å²) in [5.41, 5.74) is 0.920. The van der Waals surface area contributed by atoms with Crippen molar-refractivity contribution in [1.29, 1.82) is 0 Å². The molecule has 1 unspecified atom stereocenters. The van der Waals surface area contributed by atoms with Gasteiger partial charge in [-0.2, -0.15) is 0 Å². The molecule has 4 nitrogen and oxygen atoms in total. The molecule has 0 saturated carbocycles. The Kier molecular flexibility index (Phi) is 6.53. The average Bonchev–Trinajstić information content (AvgIpc) is 2.69. The lowest BCUT2D eigenvalue weighted by Gasteiger charge is -2.32. The van der Waals surface area contributed by atoms with Crippen LogP contribution in [0.1, 0.15) is 28.8 Å². The Labute approximate surface area is 157 Å². The number of likely N-dealkylation sites (tertiary alicyclic amines) is 1. The molecule has 1 fully saturated rings. The van der Waals surface area contributed by atoms with Crippen molar-refractivity contribution in [2.45, 2.75) is 19.4 Å². The zero-order valence-corrected chi connectivity index (χ0v) is 15.0. The first-order chi connectivity index (χ1) is 13.1. The smallest absolute Gasteiger partial charge is 0.170 e. The van der Waals surface area contributed by atoms with E-state index in [1.807, 2.05) is 24.3 Å². The number of halogens is 2. The van der Waals surface area contributed by atoms with E-state index in [0.717, 1.165) is 36.7 Å². The Morgan fingerprint density at radius 3 is 2.70 bits per heavy atom. The highest BCUT2D eigenvalue weighted by molar-refractivity contribution is 5.98. The quantitative estimate of drug-likeness (QED) is 0.754. The number of hydrogen-bond donors (Lipinski definition) is 1. The maximum Gasteiger partial charge on any atom is 0.170 e. The van der Waals surface area contributed by atoms with E-state index in [0.29, 0.717) is 25.3 Å². The number of aliphatic hydroxyl groups is 1. The molecule has 1 heterocycles. The Bertz CT molecular complexity index is 779. The molecule has 1 saturated heterocycles. The second-order valence-electron chi connectivity index (χ2n) is 6.78. The molecule has 1 N–H and O–H groups in total. The molecule has 2 aromatic rings. The van der Waals surface area contributed by atoms with Crippen LogP contribution < -0.4 is 4.74 Å². The summed E-state index contributed by atoms with van der Waals surface area (Å²) in [6.45, 7) is 2.29. The fourth-order valence-electron chi connectivity index (χ4n) is 3.43. The predicted octanol–water partition coefficient (Wildman–Crippen LogP) is 3.43. The number of piperidine rings is 1. The van der Waals surface area contributed by atoms with Crippen LogP contribution in [-0.2, 0) is 6.54 Å². The van der Waals surface area contributed by atoms with E-state index in [1.54, 1.807) is 0 Å². The first kappa shape index (κ1) is 19.5. The summed E-state index contributed by atoms with van der Waals surface area (Å²) in [6.07, 6.45) is 1.52. The largest absolute Gasteiger partial charge is 0.491 e. The number of aliphatic hydroxyl groups excluding tert-OH is 1. The van der Waals surface area contributed by atoms with Gasteiger partial charge in [0.25, 0.3) is 0 Å². The van der Waals surface area contributed by atoms with Gasteiger partial charge in [0.05, 0.1) is 12.2 Å². The number of ether oxygens (including phenoxy) is 1. The normalized spacial score (nSPS) is 17.7. The van der Waals surface area contributed by atoms with Gasteiger partial charge in [0.2, 0.25) is 0 Å². The summed E-state index contributed by atoms with van der Waals surface area (Å²) in [4.78, 5) is 14.8. The van der Waals surface area contributed by atoms with Gasteiger partial charge < -0.3 is 9.84 Å². The molecule has 3 rings (SSSR count). The van der Waals surface area contributed by atoms with Crippen LogP contribution in [0.15, 0.2) is 42.5 Å². The van der Waals surface area contributed by atoms with E-state index < -0.39 is 11.6 Å². The van der Waals surface area contributed by atoms with Crippen molar-refractivity contribution in [3.63, 3.8) is 0 Å². The zero-order valence-electron chi connectivity index (χ0n) is 15.0. The molecular weight excluding hydrogens is 352 g/mol. The van der Waals surface area contributed by atoms with Gasteiger partial charge in [-0.25, -0.2) is 8.78 Å². The van der Waals surface area contributed by atoms with Crippen LogP contribution in [0.25, 0.3) is 0 Å². The highest BCUT2D eigenvalue weighted by Gasteiger charge is 2.28. The van der Waals surface area contributed by atoms with E-state index in [1.165, 1.54) is 0 Å². The van der Waals surface area contributed by atoms with E-state index in [-0.39, 0.29) is 30.5 Å². The number of carbonyl (C=O) groups excluding carboxylic acids is 1. The van der Waals surface area contributed by atoms with Gasteiger partial charge in [-0.05, 0) is 55.3 Å². The van der Waals surface area contributed by atoms with Gasteiger partial charge in [0, 0.05) is 19.0 Å². The van der Waals surface area contributed by atoms with E-state index in [9.17, 15) is 13.6 Å². The predicted molar refractivity (Wildman–Crippen MR) is 97.7 cm³/mol. The minimum absolute atomic E-state index is 0.0309. The number of benzene rings is 2. The van der Waals surface area contributed by atoms with E-state index in [2.05, 4.69) is 4.90 Å². The van der Waals surface area contributed by atoms with Gasteiger partial charge in [0.15, 0.2) is 5.78 Å². The Balaban J connectivity index is 1.62. The van der Waals surface area contributed by atoms with Gasteiger partial charge in [-0.15, -0.1) is 0 Å². The van der Waals surface area contributed by atoms with Gasteiger partial charge in [-0.3, -0.25) is 9.69 Å². The molecule has 0 aromatic heterocycles. The van der Waals surface area contributed by atoms with Crippen molar-refractivity contribution in [3.05, 3.63) is 65.2 Å². The highest BCUT2D eigenvalue weighted by atomic mass is 19.1. The summed E-state index contributed by atoms with van der Waals surface area (Å²) in [5.74, 6) is -1.24. The molecule has 2 aromatic carbocycles. The molecule has 1 aliphatic rings. The Morgan fingerprint density at radius 2 is 1.96 bits per heavy atom. The topological polar surface area (TPSA) is 49.8 Å². The average molecular weight is 375 g/mol. The lowest BCUT2D eigenvalue weighted by atomic mass is 9.89. The van der Waals surface area contributed by atoms with E-state index >= 15 is 0 Å². The third-order valence-electron chi connectivity index (χ3n) is 4.76. The van der Waals surface area contributed by atoms with Gasteiger partial charge in [-0.1, -0.05) is 12.1 Å². The summed E-state index contributed by atoms with van der Waals surface area (Å²) < 4.78 is 32.7. The maximum absolute atomic E-state index is 13.9. The summed E-state index contributed by atoms with van der Waals surface area (Å²) in [7, 11) is 0. The van der Waals surface area contributed by atoms with Crippen LogP contribution in [-0.4, -0.2) is 42.1 Å². The molecule has 27 heavy (non-hydrogen) atoms. The van der Waals surface area contributed by atoms with E-state index in [4.69, 9.17) is 9.84 Å². The Morgan fingerprint density at radius 1 is 1.19 bits per heavy atom. The van der Waals surface area contributed by atoms with Crippen LogP contribution in [0.5, 0.6) is 5.75 Å². The van der Waals surface area contributed by atoms with Crippen LogP contribution in [0.2, 0.25) is 0 Å². The first-order valence-electron chi connectivity index (χ1n) is 9.11. The fraction of sp³-hybridized carbons (Fsp3) is 0.381. The number of hydrogen-bond acceptors (Lipinski definition) is 4. The van der Waals surface area contributed by atoms with Crippen LogP contribution in [0, 0.1) is 17.6 Å². The molecule has 0 spiro atoms. The molecular formula is C21H23F2NO3. The van der Waals surface area contributed by atoms with Crippen molar-refractivity contribution in [1.82, 2.24) is 4.90 Å². The number of rotatable bonds is 7. The molecule has 1 atom stereocenters. The standard InChI is InChI=1S/C21H23F2NO3/c22-17-5-8-20(23)19(12-17)21(26)16-2-1-9-24(14-16)13-15-3-6-18(7-4-15)27-11-10-25/h3-8,12,16,25H,1-2,9-11,13-14H2. The number of nitrogens with zero attached hydrogens (tertiary/aromatic N) is 1. The van der Waals surface area contributed by atoms with Crippen molar-refractivity contribution < 1.29 is 23.4 Å². The molecule has 0 radical (unpaired) electrons. The lowest BCUT2D eigenvalue weighted by Crippen LogP contribution is -2.38. The van der Waals surface area contributed by atoms with Gasteiger partial charge in [0.1, 0.15) is 24.0 Å². The lowest BCUT2D eigenvalue weighted by molar-refractivity contribution is 0.0807.